The van der Waals surface area contributed by atoms with E-state index >= 15 is 0 Å². The van der Waals surface area contributed by atoms with E-state index in [-0.39, 0.29) is 34.4 Å². The number of halogens is 4. The lowest BCUT2D eigenvalue weighted by atomic mass is 10.1. The van der Waals surface area contributed by atoms with Crippen LogP contribution in [0.15, 0.2) is 52.4 Å². The number of hydrogen-bond donors (Lipinski definition) is 1. The van der Waals surface area contributed by atoms with Crippen LogP contribution in [-0.2, 0) is 6.18 Å². The summed E-state index contributed by atoms with van der Waals surface area (Å²) in [4.78, 5) is 30.7. The normalized spacial score (nSPS) is 13.7. The van der Waals surface area contributed by atoms with Crippen LogP contribution in [0.25, 0.3) is 0 Å². The van der Waals surface area contributed by atoms with Crippen molar-refractivity contribution in [2.24, 2.45) is 9.98 Å². The number of alkyl halides is 3. The van der Waals surface area contributed by atoms with Gasteiger partial charge in [0.1, 0.15) is 11.4 Å². The number of carbonyl (C=O) groups is 1. The standard InChI is InChI=1S/C17H10ClF3N4O3/c18-11-4-5-13(25(27)28)12(7-11)16(26)24-14-8-22-15(23-14)9-2-1-3-10(6-9)17(19,20)21/h1-7H,8H2,(H,22,23,24,26). The van der Waals surface area contributed by atoms with Crippen molar-refractivity contribution >= 4 is 34.9 Å². The van der Waals surface area contributed by atoms with Crippen molar-refractivity contribution in [3.63, 3.8) is 0 Å². The van der Waals surface area contributed by atoms with E-state index in [1.807, 2.05) is 0 Å². The van der Waals surface area contributed by atoms with Crippen LogP contribution >= 0.6 is 11.6 Å². The molecule has 0 saturated heterocycles. The summed E-state index contributed by atoms with van der Waals surface area (Å²) >= 11 is 5.79. The lowest BCUT2D eigenvalue weighted by Crippen LogP contribution is -2.31. The zero-order valence-corrected chi connectivity index (χ0v) is 14.6. The number of rotatable bonds is 3. The molecule has 1 amide bonds. The van der Waals surface area contributed by atoms with E-state index in [0.717, 1.165) is 24.3 Å². The second kappa shape index (κ2) is 7.39. The maximum Gasteiger partial charge on any atom is 0.416 e. The number of amides is 1. The lowest BCUT2D eigenvalue weighted by Gasteiger charge is -2.07. The third kappa shape index (κ3) is 4.17. The minimum absolute atomic E-state index is 0.0157. The molecule has 7 nitrogen and oxygen atoms in total. The molecule has 0 aromatic heterocycles. The van der Waals surface area contributed by atoms with E-state index in [0.29, 0.717) is 0 Å². The number of carbonyl (C=O) groups excluding carboxylic acids is 1. The minimum atomic E-state index is -4.51. The molecule has 0 saturated carbocycles. The van der Waals surface area contributed by atoms with Crippen LogP contribution in [0.4, 0.5) is 18.9 Å². The smallest absolute Gasteiger partial charge is 0.308 e. The van der Waals surface area contributed by atoms with Gasteiger partial charge in [0.05, 0.1) is 17.0 Å². The number of amidine groups is 2. The van der Waals surface area contributed by atoms with Gasteiger partial charge in [0.15, 0.2) is 5.84 Å². The molecule has 0 spiro atoms. The lowest BCUT2D eigenvalue weighted by molar-refractivity contribution is -0.385. The Morgan fingerprint density at radius 1 is 1.21 bits per heavy atom. The largest absolute Gasteiger partial charge is 0.416 e. The molecular weight excluding hydrogens is 401 g/mol. The number of nitrogens with one attached hydrogen (secondary N) is 1. The molecule has 2 aromatic carbocycles. The molecule has 0 atom stereocenters. The van der Waals surface area contributed by atoms with E-state index < -0.39 is 28.3 Å². The molecule has 3 rings (SSSR count). The predicted octanol–water partition coefficient (Wildman–Crippen LogP) is 3.86. The van der Waals surface area contributed by atoms with Crippen LogP contribution in [0.3, 0.4) is 0 Å². The van der Waals surface area contributed by atoms with Gasteiger partial charge in [-0.05, 0) is 24.3 Å². The number of nitrogens with zero attached hydrogens (tertiary/aromatic N) is 3. The summed E-state index contributed by atoms with van der Waals surface area (Å²) in [5.74, 6) is -0.762. The van der Waals surface area contributed by atoms with Crippen molar-refractivity contribution in [2.45, 2.75) is 6.18 Å². The predicted molar refractivity (Wildman–Crippen MR) is 95.9 cm³/mol. The molecule has 1 aliphatic heterocycles. The number of hydrogen-bond acceptors (Lipinski definition) is 5. The Hall–Kier alpha value is -3.27. The Balaban J connectivity index is 1.81. The van der Waals surface area contributed by atoms with Crippen molar-refractivity contribution in [3.05, 3.63) is 74.3 Å². The molecule has 28 heavy (non-hydrogen) atoms. The third-order valence-electron chi connectivity index (χ3n) is 3.73. The summed E-state index contributed by atoms with van der Waals surface area (Å²) in [5, 5.41) is 13.6. The molecule has 1 N–H and O–H groups in total. The second-order valence-corrected chi connectivity index (χ2v) is 6.09. The van der Waals surface area contributed by atoms with Crippen LogP contribution in [0, 0.1) is 10.1 Å². The van der Waals surface area contributed by atoms with Gasteiger partial charge in [-0.15, -0.1) is 0 Å². The molecule has 0 radical (unpaired) electrons. The van der Waals surface area contributed by atoms with Crippen LogP contribution in [0.1, 0.15) is 21.5 Å². The molecule has 0 aliphatic carbocycles. The highest BCUT2D eigenvalue weighted by Crippen LogP contribution is 2.30. The van der Waals surface area contributed by atoms with E-state index in [2.05, 4.69) is 15.3 Å². The molecule has 11 heteroatoms. The van der Waals surface area contributed by atoms with Gasteiger partial charge in [-0.1, -0.05) is 23.7 Å². The molecule has 2 aromatic rings. The summed E-state index contributed by atoms with van der Waals surface area (Å²) in [6, 6.07) is 7.96. The molecular formula is C17H10ClF3N4O3. The van der Waals surface area contributed by atoms with Gasteiger partial charge in [-0.2, -0.15) is 13.2 Å². The first-order valence-corrected chi connectivity index (χ1v) is 8.08. The Morgan fingerprint density at radius 3 is 2.64 bits per heavy atom. The number of benzene rings is 2. The van der Waals surface area contributed by atoms with Crippen LogP contribution in [0.5, 0.6) is 0 Å². The van der Waals surface area contributed by atoms with Gasteiger partial charge in [-0.3, -0.25) is 19.9 Å². The topological polar surface area (TPSA) is 97.0 Å². The summed E-state index contributed by atoms with van der Waals surface area (Å²) in [5.41, 5.74) is -1.44. The van der Waals surface area contributed by atoms with E-state index in [1.165, 1.54) is 18.2 Å². The monoisotopic (exact) mass is 410 g/mol. The van der Waals surface area contributed by atoms with E-state index in [1.54, 1.807) is 0 Å². The summed E-state index contributed by atoms with van der Waals surface area (Å²) < 4.78 is 38.5. The second-order valence-electron chi connectivity index (χ2n) is 5.65. The first-order valence-electron chi connectivity index (χ1n) is 7.70. The third-order valence-corrected chi connectivity index (χ3v) is 3.96. The first-order chi connectivity index (χ1) is 13.1. The highest BCUT2D eigenvalue weighted by atomic mass is 35.5. The van der Waals surface area contributed by atoms with Crippen LogP contribution in [-0.4, -0.2) is 29.0 Å². The van der Waals surface area contributed by atoms with Gasteiger partial charge in [0.25, 0.3) is 11.6 Å². The molecule has 1 heterocycles. The Kier molecular flexibility index (Phi) is 5.14. The number of aliphatic imine (C=N–C) groups is 2. The average molecular weight is 411 g/mol. The average Bonchev–Trinajstić information content (AvgIpc) is 3.09. The van der Waals surface area contributed by atoms with Crippen molar-refractivity contribution in [1.29, 1.82) is 0 Å². The summed E-state index contributed by atoms with van der Waals surface area (Å²) in [7, 11) is 0. The minimum Gasteiger partial charge on any atom is -0.308 e. The van der Waals surface area contributed by atoms with Gasteiger partial charge in [0, 0.05) is 16.7 Å². The maximum atomic E-state index is 12.8. The quantitative estimate of drug-likeness (QED) is 0.614. The van der Waals surface area contributed by atoms with E-state index in [4.69, 9.17) is 11.6 Å². The highest BCUT2D eigenvalue weighted by Gasteiger charge is 2.31. The fourth-order valence-electron chi connectivity index (χ4n) is 2.45. The summed E-state index contributed by atoms with van der Waals surface area (Å²) in [6.45, 7) is -0.0916. The zero-order chi connectivity index (χ0) is 20.5. The molecule has 144 valence electrons. The molecule has 0 fully saturated rings. The zero-order valence-electron chi connectivity index (χ0n) is 13.8. The van der Waals surface area contributed by atoms with Crippen LogP contribution in [0.2, 0.25) is 5.02 Å². The Bertz CT molecular complexity index is 1030. The fourth-order valence-corrected chi connectivity index (χ4v) is 2.63. The van der Waals surface area contributed by atoms with Crippen LogP contribution < -0.4 is 5.32 Å². The summed E-state index contributed by atoms with van der Waals surface area (Å²) in [6.07, 6.45) is -4.51. The van der Waals surface area contributed by atoms with Gasteiger partial charge >= 0.3 is 6.18 Å². The highest BCUT2D eigenvalue weighted by molar-refractivity contribution is 6.31. The van der Waals surface area contributed by atoms with Gasteiger partial charge in [-0.25, -0.2) is 4.99 Å². The fraction of sp³-hybridized carbons (Fsp3) is 0.118. The van der Waals surface area contributed by atoms with E-state index in [9.17, 15) is 28.1 Å². The number of nitro groups is 1. The van der Waals surface area contributed by atoms with Crippen molar-refractivity contribution in [3.8, 4) is 0 Å². The molecule has 1 aliphatic rings. The maximum absolute atomic E-state index is 12.8. The Morgan fingerprint density at radius 2 is 1.96 bits per heavy atom. The van der Waals surface area contributed by atoms with Crippen molar-refractivity contribution in [2.75, 3.05) is 6.54 Å². The van der Waals surface area contributed by atoms with Crippen molar-refractivity contribution in [1.82, 2.24) is 5.32 Å². The van der Waals surface area contributed by atoms with Gasteiger partial charge < -0.3 is 5.32 Å². The molecule has 0 unspecified atom stereocenters. The molecule has 0 bridgehead atoms. The number of nitro benzene ring substituents is 1. The van der Waals surface area contributed by atoms with Crippen molar-refractivity contribution < 1.29 is 22.9 Å². The first kappa shape index (κ1) is 19.5. The van der Waals surface area contributed by atoms with Gasteiger partial charge in [0.2, 0.25) is 0 Å². The SMILES string of the molecule is O=C(NC1=NC(c2cccc(C(F)(F)F)c2)=NC1)c1cc(Cl)ccc1[N+](=O)[O-]. The Labute approximate surface area is 160 Å².